The minimum absolute atomic E-state index is 0.323. The Morgan fingerprint density at radius 1 is 1.38 bits per heavy atom. The summed E-state index contributed by atoms with van der Waals surface area (Å²) in [4.78, 5) is 11.6. The van der Waals surface area contributed by atoms with Gasteiger partial charge in [-0.1, -0.05) is 31.2 Å². The topological polar surface area (TPSA) is 17.1 Å². The lowest BCUT2D eigenvalue weighted by atomic mass is 9.93. The van der Waals surface area contributed by atoms with E-state index in [9.17, 15) is 9.18 Å². The average molecular weight is 178 g/mol. The number of hydrogen-bond acceptors (Lipinski definition) is 1. The molecule has 1 aromatic carbocycles. The fraction of sp³-hybridized carbons (Fsp3) is 0.364. The van der Waals surface area contributed by atoms with Crippen molar-refractivity contribution in [2.24, 2.45) is 0 Å². The van der Waals surface area contributed by atoms with Crippen LogP contribution in [0.25, 0.3) is 0 Å². The van der Waals surface area contributed by atoms with Gasteiger partial charge in [-0.05, 0) is 12.5 Å². The second-order valence-corrected chi connectivity index (χ2v) is 3.71. The summed E-state index contributed by atoms with van der Waals surface area (Å²) in [6.45, 7) is 3.11. The first-order valence-electron chi connectivity index (χ1n) is 4.38. The smallest absolute Gasteiger partial charge is 0.200 e. The molecule has 1 aliphatic carbocycles. The molecular weight excluding hydrogens is 167 g/mol. The number of hydrogen-bond donors (Lipinski definition) is 0. The highest BCUT2D eigenvalue weighted by molar-refractivity contribution is 6.07. The van der Waals surface area contributed by atoms with Crippen LogP contribution in [0.1, 0.15) is 35.7 Å². The average Bonchev–Trinajstić information content (AvgIpc) is 2.30. The first-order chi connectivity index (χ1) is 6.05. The normalized spacial score (nSPS) is 31.9. The Morgan fingerprint density at radius 3 is 2.62 bits per heavy atom. The Morgan fingerprint density at radius 2 is 2.00 bits per heavy atom. The van der Waals surface area contributed by atoms with Gasteiger partial charge >= 0.3 is 0 Å². The summed E-state index contributed by atoms with van der Waals surface area (Å²) in [5.41, 5.74) is -0.346. The molecule has 0 saturated carbocycles. The molecule has 0 amide bonds. The van der Waals surface area contributed by atoms with Crippen LogP contribution < -0.4 is 0 Å². The zero-order chi connectivity index (χ0) is 9.64. The number of fused-ring (bicyclic) bond motifs is 1. The molecule has 2 rings (SSSR count). The lowest BCUT2D eigenvalue weighted by Crippen LogP contribution is -2.28. The summed E-state index contributed by atoms with van der Waals surface area (Å²) in [5.74, 6) is -0.702. The van der Waals surface area contributed by atoms with Crippen LogP contribution in [-0.2, 0) is 0 Å². The molecule has 0 aliphatic heterocycles. The highest BCUT2D eigenvalue weighted by Gasteiger charge is 2.47. The van der Waals surface area contributed by atoms with Gasteiger partial charge in [-0.2, -0.15) is 0 Å². The number of Topliss-reactive ketones (excluding diaryl/α,β-unsaturated/α-hetero) is 1. The molecule has 13 heavy (non-hydrogen) atoms. The van der Waals surface area contributed by atoms with Crippen molar-refractivity contribution in [2.45, 2.75) is 25.4 Å². The lowest BCUT2D eigenvalue weighted by Gasteiger charge is -2.16. The minimum atomic E-state index is -1.72. The van der Waals surface area contributed by atoms with E-state index in [1.54, 1.807) is 19.1 Å². The number of carbonyl (C=O) groups is 1. The molecule has 0 spiro atoms. The van der Waals surface area contributed by atoms with Gasteiger partial charge in [-0.25, -0.2) is 4.39 Å². The van der Waals surface area contributed by atoms with Crippen molar-refractivity contribution in [3.05, 3.63) is 35.4 Å². The van der Waals surface area contributed by atoms with E-state index in [0.717, 1.165) is 5.56 Å². The third kappa shape index (κ3) is 0.947. The maximum absolute atomic E-state index is 13.8. The van der Waals surface area contributed by atoms with Crippen LogP contribution in [0.4, 0.5) is 4.39 Å². The standard InChI is InChI=1S/C11H11FO/c1-7-8-5-3-4-6-9(8)10(13)11(7,2)12/h3-7H,1-2H3/t7-,11+/m1/s1. The molecule has 68 valence electrons. The predicted molar refractivity (Wildman–Crippen MR) is 48.7 cm³/mol. The molecule has 2 heteroatoms. The molecule has 0 bridgehead atoms. The van der Waals surface area contributed by atoms with Crippen LogP contribution in [-0.4, -0.2) is 11.5 Å². The van der Waals surface area contributed by atoms with Crippen LogP contribution in [0, 0.1) is 0 Å². The van der Waals surface area contributed by atoms with E-state index < -0.39 is 5.67 Å². The van der Waals surface area contributed by atoms with E-state index >= 15 is 0 Å². The van der Waals surface area contributed by atoms with Crippen molar-refractivity contribution in [2.75, 3.05) is 0 Å². The van der Waals surface area contributed by atoms with Gasteiger partial charge in [-0.15, -0.1) is 0 Å². The highest BCUT2D eigenvalue weighted by Crippen LogP contribution is 2.42. The van der Waals surface area contributed by atoms with E-state index in [-0.39, 0.29) is 11.7 Å². The largest absolute Gasteiger partial charge is 0.291 e. The number of carbonyl (C=O) groups excluding carboxylic acids is 1. The van der Waals surface area contributed by atoms with Crippen LogP contribution in [0.15, 0.2) is 24.3 Å². The van der Waals surface area contributed by atoms with E-state index in [1.165, 1.54) is 6.92 Å². The minimum Gasteiger partial charge on any atom is -0.291 e. The molecule has 1 aromatic rings. The summed E-state index contributed by atoms with van der Waals surface area (Å²) in [7, 11) is 0. The van der Waals surface area contributed by atoms with E-state index in [4.69, 9.17) is 0 Å². The van der Waals surface area contributed by atoms with Gasteiger partial charge in [0.05, 0.1) is 0 Å². The highest BCUT2D eigenvalue weighted by atomic mass is 19.1. The molecule has 1 nitrogen and oxygen atoms in total. The Labute approximate surface area is 76.6 Å². The summed E-state index contributed by atoms with van der Waals surface area (Å²) in [6, 6.07) is 7.12. The van der Waals surface area contributed by atoms with Crippen molar-refractivity contribution in [1.82, 2.24) is 0 Å². The second kappa shape index (κ2) is 2.41. The molecule has 2 atom stereocenters. The van der Waals surface area contributed by atoms with Gasteiger partial charge < -0.3 is 0 Å². The molecule has 0 radical (unpaired) electrons. The summed E-state index contributed by atoms with van der Waals surface area (Å²) in [5, 5.41) is 0. The van der Waals surface area contributed by atoms with Gasteiger partial charge in [-0.3, -0.25) is 4.79 Å². The molecule has 0 unspecified atom stereocenters. The summed E-state index contributed by atoms with van der Waals surface area (Å²) < 4.78 is 13.8. The zero-order valence-corrected chi connectivity index (χ0v) is 7.67. The van der Waals surface area contributed by atoms with Crippen molar-refractivity contribution in [3.8, 4) is 0 Å². The van der Waals surface area contributed by atoms with Crippen molar-refractivity contribution in [1.29, 1.82) is 0 Å². The number of benzene rings is 1. The van der Waals surface area contributed by atoms with Crippen molar-refractivity contribution >= 4 is 5.78 Å². The third-order valence-electron chi connectivity index (χ3n) is 2.93. The van der Waals surface area contributed by atoms with Gasteiger partial charge in [0.2, 0.25) is 5.78 Å². The van der Waals surface area contributed by atoms with Gasteiger partial charge in [0.1, 0.15) is 0 Å². The second-order valence-electron chi connectivity index (χ2n) is 3.71. The maximum atomic E-state index is 13.8. The molecule has 0 saturated heterocycles. The van der Waals surface area contributed by atoms with Crippen LogP contribution >= 0.6 is 0 Å². The quantitative estimate of drug-likeness (QED) is 0.597. The van der Waals surface area contributed by atoms with Crippen LogP contribution in [0.3, 0.4) is 0 Å². The van der Waals surface area contributed by atoms with Crippen LogP contribution in [0.5, 0.6) is 0 Å². The number of alkyl halides is 1. The molecule has 0 aromatic heterocycles. The molecule has 0 N–H and O–H groups in total. The Hall–Kier alpha value is -1.18. The third-order valence-corrected chi connectivity index (χ3v) is 2.93. The molecule has 1 aliphatic rings. The van der Waals surface area contributed by atoms with Gasteiger partial charge in [0.15, 0.2) is 5.67 Å². The Kier molecular flexibility index (Phi) is 1.56. The lowest BCUT2D eigenvalue weighted by molar-refractivity contribution is 0.0717. The van der Waals surface area contributed by atoms with E-state index in [2.05, 4.69) is 0 Å². The molecule has 0 heterocycles. The van der Waals surface area contributed by atoms with Crippen molar-refractivity contribution in [3.63, 3.8) is 0 Å². The Balaban J connectivity index is 2.64. The first kappa shape index (κ1) is 8.42. The first-order valence-corrected chi connectivity index (χ1v) is 4.38. The predicted octanol–water partition coefficient (Wildman–Crippen LogP) is 2.71. The fourth-order valence-corrected chi connectivity index (χ4v) is 1.83. The monoisotopic (exact) mass is 178 g/mol. The molecule has 0 fully saturated rings. The summed E-state index contributed by atoms with van der Waals surface area (Å²) in [6.07, 6.45) is 0. The summed E-state index contributed by atoms with van der Waals surface area (Å²) >= 11 is 0. The van der Waals surface area contributed by atoms with E-state index in [1.807, 2.05) is 12.1 Å². The van der Waals surface area contributed by atoms with Gasteiger partial charge in [0.25, 0.3) is 0 Å². The fourth-order valence-electron chi connectivity index (χ4n) is 1.83. The van der Waals surface area contributed by atoms with Gasteiger partial charge in [0, 0.05) is 11.5 Å². The Bertz CT molecular complexity index is 368. The van der Waals surface area contributed by atoms with Crippen molar-refractivity contribution < 1.29 is 9.18 Å². The number of halogens is 1. The zero-order valence-electron chi connectivity index (χ0n) is 7.67. The molecular formula is C11H11FO. The maximum Gasteiger partial charge on any atom is 0.200 e. The number of rotatable bonds is 0. The SMILES string of the molecule is C[C@@H]1c2ccccc2C(=O)[C@@]1(C)F. The van der Waals surface area contributed by atoms with E-state index in [0.29, 0.717) is 5.56 Å². The number of ketones is 1. The van der Waals surface area contributed by atoms with Crippen LogP contribution in [0.2, 0.25) is 0 Å².